The van der Waals surface area contributed by atoms with Crippen molar-refractivity contribution in [1.82, 2.24) is 21.3 Å². The van der Waals surface area contributed by atoms with Gasteiger partial charge in [-0.2, -0.15) is 0 Å². The van der Waals surface area contributed by atoms with Gasteiger partial charge >= 0.3 is 0 Å². The number of nitrogens with two attached hydrogens (primary N) is 1. The molecule has 0 heterocycles. The van der Waals surface area contributed by atoms with E-state index in [2.05, 4.69) is 21.3 Å². The molecule has 4 amide bonds. The number of benzene rings is 2. The Morgan fingerprint density at radius 1 is 0.900 bits per heavy atom. The van der Waals surface area contributed by atoms with Gasteiger partial charge in [-0.15, -0.1) is 0 Å². The minimum absolute atomic E-state index is 0.00687. The van der Waals surface area contributed by atoms with Crippen molar-refractivity contribution in [2.24, 2.45) is 5.73 Å². The third kappa shape index (κ3) is 9.75. The standard InChI is InChI=1S/C27H36N6O7/c1-3-7-21(31-25(36)22(14-15-28)30-24(35)19-8-5-4-6-9-19)26(37)32-23(17(2)34)27(38)29-16-18-10-12-20(13-11-18)33(39)40/h4-6,8-13,17,21-23,34H,3,7,14-16,28H2,1-2H3,(H,29,38)(H,30,35)(H,31,36)(H,32,37)/t17-,21+,22+,23+/m1/s1. The molecule has 0 bridgehead atoms. The molecule has 2 rings (SSSR count). The average molecular weight is 557 g/mol. The summed E-state index contributed by atoms with van der Waals surface area (Å²) in [5, 5.41) is 31.3. The first-order valence-electron chi connectivity index (χ1n) is 12.9. The van der Waals surface area contributed by atoms with Crippen LogP contribution < -0.4 is 27.0 Å². The van der Waals surface area contributed by atoms with Crippen LogP contribution in [-0.4, -0.2) is 64.4 Å². The maximum atomic E-state index is 13.1. The highest BCUT2D eigenvalue weighted by molar-refractivity contribution is 5.98. The van der Waals surface area contributed by atoms with Crippen LogP contribution in [0.5, 0.6) is 0 Å². The van der Waals surface area contributed by atoms with Crippen molar-refractivity contribution in [2.75, 3.05) is 6.54 Å². The Morgan fingerprint density at radius 3 is 2.05 bits per heavy atom. The number of hydrogen-bond acceptors (Lipinski definition) is 8. The summed E-state index contributed by atoms with van der Waals surface area (Å²) in [5.41, 5.74) is 6.48. The second kappa shape index (κ2) is 15.9. The second-order valence-electron chi connectivity index (χ2n) is 9.19. The van der Waals surface area contributed by atoms with Crippen molar-refractivity contribution in [3.63, 3.8) is 0 Å². The first-order valence-corrected chi connectivity index (χ1v) is 12.9. The third-order valence-corrected chi connectivity index (χ3v) is 6.00. The maximum absolute atomic E-state index is 13.1. The van der Waals surface area contributed by atoms with E-state index in [1.165, 1.54) is 31.2 Å². The molecular formula is C27H36N6O7. The number of carbonyl (C=O) groups excluding carboxylic acids is 4. The van der Waals surface area contributed by atoms with Gasteiger partial charge in [-0.25, -0.2) is 0 Å². The van der Waals surface area contributed by atoms with E-state index in [-0.39, 0.29) is 31.6 Å². The van der Waals surface area contributed by atoms with Gasteiger partial charge in [-0.1, -0.05) is 43.7 Å². The molecule has 0 aromatic heterocycles. The van der Waals surface area contributed by atoms with Crippen LogP contribution in [0.2, 0.25) is 0 Å². The first-order chi connectivity index (χ1) is 19.1. The molecule has 0 saturated heterocycles. The Balaban J connectivity index is 2.04. The molecule has 2 aromatic carbocycles. The molecule has 0 aliphatic carbocycles. The molecule has 40 heavy (non-hydrogen) atoms. The van der Waals surface area contributed by atoms with Gasteiger partial charge < -0.3 is 32.1 Å². The van der Waals surface area contributed by atoms with Crippen molar-refractivity contribution >= 4 is 29.3 Å². The van der Waals surface area contributed by atoms with Crippen molar-refractivity contribution in [3.8, 4) is 0 Å². The topological polar surface area (TPSA) is 206 Å². The third-order valence-electron chi connectivity index (χ3n) is 6.00. The number of aliphatic hydroxyl groups is 1. The van der Waals surface area contributed by atoms with Crippen LogP contribution in [0.25, 0.3) is 0 Å². The molecule has 0 spiro atoms. The summed E-state index contributed by atoms with van der Waals surface area (Å²) < 4.78 is 0. The lowest BCUT2D eigenvalue weighted by Crippen LogP contribution is -2.59. The largest absolute Gasteiger partial charge is 0.391 e. The Hall–Kier alpha value is -4.36. The lowest BCUT2D eigenvalue weighted by atomic mass is 10.1. The van der Waals surface area contributed by atoms with Crippen LogP contribution in [0.4, 0.5) is 5.69 Å². The van der Waals surface area contributed by atoms with Crippen molar-refractivity contribution in [3.05, 3.63) is 75.8 Å². The minimum Gasteiger partial charge on any atom is -0.391 e. The van der Waals surface area contributed by atoms with Crippen LogP contribution >= 0.6 is 0 Å². The van der Waals surface area contributed by atoms with Gasteiger partial charge in [-0.05, 0) is 44.0 Å². The van der Waals surface area contributed by atoms with Gasteiger partial charge in [0.1, 0.15) is 18.1 Å². The smallest absolute Gasteiger partial charge is 0.269 e. The molecule has 0 aliphatic rings. The average Bonchev–Trinajstić information content (AvgIpc) is 2.94. The quantitative estimate of drug-likeness (QED) is 0.134. The molecule has 0 saturated carbocycles. The summed E-state index contributed by atoms with van der Waals surface area (Å²) in [6.07, 6.45) is -0.390. The normalized spacial score (nSPS) is 13.7. The highest BCUT2D eigenvalue weighted by atomic mass is 16.6. The number of nitro groups is 1. The zero-order valence-electron chi connectivity index (χ0n) is 22.5. The summed E-state index contributed by atoms with van der Waals surface area (Å²) >= 11 is 0. The predicted octanol–water partition coefficient (Wildman–Crippen LogP) is 0.509. The molecule has 216 valence electrons. The molecule has 2 aromatic rings. The molecule has 4 atom stereocenters. The highest BCUT2D eigenvalue weighted by Gasteiger charge is 2.31. The summed E-state index contributed by atoms with van der Waals surface area (Å²) in [4.78, 5) is 61.7. The molecular weight excluding hydrogens is 520 g/mol. The van der Waals surface area contributed by atoms with E-state index in [9.17, 15) is 34.4 Å². The number of amides is 4. The number of nitro benzene ring substituents is 1. The minimum atomic E-state index is -1.33. The Kier molecular flexibility index (Phi) is 12.7. The number of carbonyl (C=O) groups is 4. The van der Waals surface area contributed by atoms with E-state index < -0.39 is 52.8 Å². The van der Waals surface area contributed by atoms with Crippen LogP contribution in [0.3, 0.4) is 0 Å². The monoisotopic (exact) mass is 556 g/mol. The predicted molar refractivity (Wildman–Crippen MR) is 147 cm³/mol. The highest BCUT2D eigenvalue weighted by Crippen LogP contribution is 2.12. The van der Waals surface area contributed by atoms with E-state index in [0.717, 1.165) is 0 Å². The lowest BCUT2D eigenvalue weighted by Gasteiger charge is -2.26. The zero-order chi connectivity index (χ0) is 29.7. The van der Waals surface area contributed by atoms with E-state index >= 15 is 0 Å². The number of hydrogen-bond donors (Lipinski definition) is 6. The summed E-state index contributed by atoms with van der Waals surface area (Å²) in [5.74, 6) is -2.45. The summed E-state index contributed by atoms with van der Waals surface area (Å²) in [7, 11) is 0. The van der Waals surface area contributed by atoms with Gasteiger partial charge in [0.05, 0.1) is 11.0 Å². The Bertz CT molecular complexity index is 1160. The van der Waals surface area contributed by atoms with Crippen LogP contribution in [0.1, 0.15) is 49.0 Å². The van der Waals surface area contributed by atoms with Crippen LogP contribution in [0, 0.1) is 10.1 Å². The number of nitrogens with one attached hydrogen (secondary N) is 4. The molecule has 0 radical (unpaired) electrons. The fraction of sp³-hybridized carbons (Fsp3) is 0.407. The molecule has 13 heteroatoms. The molecule has 13 nitrogen and oxygen atoms in total. The lowest BCUT2D eigenvalue weighted by molar-refractivity contribution is -0.384. The van der Waals surface area contributed by atoms with Gasteiger partial charge in [0, 0.05) is 24.2 Å². The Morgan fingerprint density at radius 2 is 1.50 bits per heavy atom. The van der Waals surface area contributed by atoms with Gasteiger partial charge in [0.2, 0.25) is 17.7 Å². The SMILES string of the molecule is CCC[C@H](NC(=O)[C@H](CCN)NC(=O)c1ccccc1)C(=O)N[C@H](C(=O)NCc1ccc([N+](=O)[O-])cc1)[C@@H](C)O. The number of non-ortho nitro benzene ring substituents is 1. The molecule has 0 unspecified atom stereocenters. The van der Waals surface area contributed by atoms with E-state index in [4.69, 9.17) is 5.73 Å². The van der Waals surface area contributed by atoms with Crippen molar-refractivity contribution < 1.29 is 29.2 Å². The van der Waals surface area contributed by atoms with Crippen LogP contribution in [-0.2, 0) is 20.9 Å². The number of nitrogens with zero attached hydrogens (tertiary/aromatic N) is 1. The number of rotatable bonds is 15. The molecule has 7 N–H and O–H groups in total. The summed E-state index contributed by atoms with van der Waals surface area (Å²) in [6.45, 7) is 3.26. The van der Waals surface area contributed by atoms with Crippen molar-refractivity contribution in [2.45, 2.75) is 63.9 Å². The van der Waals surface area contributed by atoms with Gasteiger partial charge in [-0.3, -0.25) is 29.3 Å². The Labute approximate surface area is 232 Å². The fourth-order valence-corrected chi connectivity index (χ4v) is 3.79. The van der Waals surface area contributed by atoms with Crippen molar-refractivity contribution in [1.29, 1.82) is 0 Å². The van der Waals surface area contributed by atoms with Crippen LogP contribution in [0.15, 0.2) is 54.6 Å². The molecule has 0 fully saturated rings. The van der Waals surface area contributed by atoms with Gasteiger partial charge in [0.25, 0.3) is 11.6 Å². The first kappa shape index (κ1) is 31.9. The van der Waals surface area contributed by atoms with E-state index in [1.54, 1.807) is 30.3 Å². The summed E-state index contributed by atoms with van der Waals surface area (Å²) in [6, 6.07) is 10.5. The maximum Gasteiger partial charge on any atom is 0.269 e. The van der Waals surface area contributed by atoms with Gasteiger partial charge in [0.15, 0.2) is 0 Å². The van der Waals surface area contributed by atoms with E-state index in [1.807, 2.05) is 6.92 Å². The number of aliphatic hydroxyl groups excluding tert-OH is 1. The fourth-order valence-electron chi connectivity index (χ4n) is 3.79. The zero-order valence-corrected chi connectivity index (χ0v) is 22.5. The molecule has 0 aliphatic heterocycles. The van der Waals surface area contributed by atoms with E-state index in [0.29, 0.717) is 17.5 Å². The second-order valence-corrected chi connectivity index (χ2v) is 9.19.